The molecule has 1 aliphatic heterocycles. The van der Waals surface area contributed by atoms with Crippen LogP contribution in [0.1, 0.15) is 22.6 Å². The van der Waals surface area contributed by atoms with Crippen LogP contribution >= 0.6 is 0 Å². The number of anilines is 1. The van der Waals surface area contributed by atoms with Crippen LogP contribution in [-0.4, -0.2) is 18.1 Å². The second kappa shape index (κ2) is 8.23. The Hall–Kier alpha value is -3.89. The van der Waals surface area contributed by atoms with Gasteiger partial charge in [-0.1, -0.05) is 78.9 Å². The van der Waals surface area contributed by atoms with Crippen molar-refractivity contribution in [1.82, 2.24) is 0 Å². The topological polar surface area (TPSA) is 49.8 Å². The minimum Gasteiger partial charge on any atom is -0.497 e. The van der Waals surface area contributed by atoms with Gasteiger partial charge in [-0.3, -0.25) is 4.79 Å². The van der Waals surface area contributed by atoms with Gasteiger partial charge in [-0.25, -0.2) is 0 Å². The third-order valence-electron chi connectivity index (χ3n) is 6.53. The van der Waals surface area contributed by atoms with Crippen molar-refractivity contribution in [2.24, 2.45) is 0 Å². The maximum atomic E-state index is 14.0. The monoisotopic (exact) mass is 435 g/mol. The van der Waals surface area contributed by atoms with Gasteiger partial charge in [0.2, 0.25) is 0 Å². The van der Waals surface area contributed by atoms with Crippen molar-refractivity contribution in [1.29, 1.82) is 0 Å². The molecule has 1 aliphatic rings. The molecule has 0 saturated heterocycles. The van der Waals surface area contributed by atoms with Crippen LogP contribution in [-0.2, 0) is 16.9 Å². The Labute approximate surface area is 193 Å². The predicted octanol–water partition coefficient (Wildman–Crippen LogP) is 5.55. The van der Waals surface area contributed by atoms with Gasteiger partial charge in [-0.05, 0) is 34.0 Å². The third kappa shape index (κ3) is 3.31. The summed E-state index contributed by atoms with van der Waals surface area (Å²) in [5, 5.41) is 14.2. The first-order valence-corrected chi connectivity index (χ1v) is 10.9. The second-order valence-corrected chi connectivity index (χ2v) is 8.30. The van der Waals surface area contributed by atoms with Crippen LogP contribution in [0.15, 0.2) is 104 Å². The van der Waals surface area contributed by atoms with Gasteiger partial charge in [0.25, 0.3) is 5.91 Å². The molecule has 0 radical (unpaired) electrons. The fourth-order valence-electron chi connectivity index (χ4n) is 4.88. The van der Waals surface area contributed by atoms with E-state index in [9.17, 15) is 9.90 Å². The fourth-order valence-corrected chi connectivity index (χ4v) is 4.88. The molecule has 1 amide bonds. The summed E-state index contributed by atoms with van der Waals surface area (Å²) < 4.78 is 5.44. The van der Waals surface area contributed by atoms with E-state index in [1.54, 1.807) is 30.2 Å². The van der Waals surface area contributed by atoms with Crippen LogP contribution in [0.3, 0.4) is 0 Å². The van der Waals surface area contributed by atoms with Gasteiger partial charge in [0.15, 0.2) is 5.60 Å². The molecule has 0 bridgehead atoms. The summed E-state index contributed by atoms with van der Waals surface area (Å²) in [5.74, 6) is -0.341. The van der Waals surface area contributed by atoms with Gasteiger partial charge in [0.1, 0.15) is 5.75 Å². The van der Waals surface area contributed by atoms with E-state index in [4.69, 9.17) is 4.74 Å². The molecule has 0 unspecified atom stereocenters. The van der Waals surface area contributed by atoms with Crippen molar-refractivity contribution >= 4 is 22.4 Å². The Bertz CT molecular complexity index is 1340. The maximum absolute atomic E-state index is 14.0. The van der Waals surface area contributed by atoms with Gasteiger partial charge in [-0.15, -0.1) is 6.58 Å². The van der Waals surface area contributed by atoms with E-state index in [-0.39, 0.29) is 5.91 Å². The molecule has 0 spiro atoms. The van der Waals surface area contributed by atoms with E-state index in [0.717, 1.165) is 21.9 Å². The highest BCUT2D eigenvalue weighted by molar-refractivity contribution is 6.08. The Morgan fingerprint density at radius 1 is 1.00 bits per heavy atom. The Balaban J connectivity index is 1.66. The predicted molar refractivity (Wildman–Crippen MR) is 131 cm³/mol. The van der Waals surface area contributed by atoms with E-state index in [1.165, 1.54) is 0 Å². The molecule has 164 valence electrons. The fraction of sp³-hybridized carbons (Fsp3) is 0.138. The molecule has 33 heavy (non-hydrogen) atoms. The van der Waals surface area contributed by atoms with Crippen LogP contribution in [0, 0.1) is 0 Å². The van der Waals surface area contributed by atoms with E-state index < -0.39 is 11.5 Å². The number of aliphatic hydroxyl groups is 1. The van der Waals surface area contributed by atoms with Gasteiger partial charge >= 0.3 is 0 Å². The number of ether oxygens (including phenoxy) is 1. The van der Waals surface area contributed by atoms with Gasteiger partial charge < -0.3 is 14.7 Å². The summed E-state index contributed by atoms with van der Waals surface area (Å²) in [5.41, 5.74) is 1.28. The lowest BCUT2D eigenvalue weighted by Gasteiger charge is -2.30. The molecular weight excluding hydrogens is 410 g/mol. The van der Waals surface area contributed by atoms with Gasteiger partial charge in [0.05, 0.1) is 19.3 Å². The SMILES string of the molecule is C=C[C@H](c1ccccc1)[C@]1(O)C(=O)N(Cc2cccc3ccccc23)c2cc(OC)ccc21. The summed E-state index contributed by atoms with van der Waals surface area (Å²) in [7, 11) is 1.59. The summed E-state index contributed by atoms with van der Waals surface area (Å²) in [4.78, 5) is 15.7. The minimum atomic E-state index is -1.77. The number of rotatable bonds is 6. The molecule has 4 nitrogen and oxygen atoms in total. The molecular formula is C29H25NO3. The molecule has 0 aromatic heterocycles. The number of hydrogen-bond acceptors (Lipinski definition) is 3. The van der Waals surface area contributed by atoms with Gasteiger partial charge in [-0.2, -0.15) is 0 Å². The second-order valence-electron chi connectivity index (χ2n) is 8.30. The highest BCUT2D eigenvalue weighted by Gasteiger charge is 2.54. The van der Waals surface area contributed by atoms with E-state index in [1.807, 2.05) is 60.7 Å². The quantitative estimate of drug-likeness (QED) is 0.404. The largest absolute Gasteiger partial charge is 0.497 e. The zero-order valence-corrected chi connectivity index (χ0v) is 18.4. The van der Waals surface area contributed by atoms with E-state index in [2.05, 4.69) is 24.8 Å². The molecule has 4 aromatic carbocycles. The molecule has 0 saturated carbocycles. The number of carbonyl (C=O) groups excluding carboxylic acids is 1. The van der Waals surface area contributed by atoms with Crippen LogP contribution in [0.4, 0.5) is 5.69 Å². The molecule has 4 heteroatoms. The highest BCUT2D eigenvalue weighted by atomic mass is 16.5. The van der Waals surface area contributed by atoms with E-state index >= 15 is 0 Å². The summed E-state index contributed by atoms with van der Waals surface area (Å²) in [6, 6.07) is 29.1. The lowest BCUT2D eigenvalue weighted by Crippen LogP contribution is -2.44. The number of nitrogens with zero attached hydrogens (tertiary/aromatic N) is 1. The Morgan fingerprint density at radius 3 is 2.48 bits per heavy atom. The number of benzene rings is 4. The molecule has 1 heterocycles. The molecule has 2 atom stereocenters. The number of methoxy groups -OCH3 is 1. The number of carbonyl (C=O) groups is 1. The first-order chi connectivity index (χ1) is 16.1. The Morgan fingerprint density at radius 2 is 1.73 bits per heavy atom. The van der Waals surface area contributed by atoms with Crippen LogP contribution in [0.2, 0.25) is 0 Å². The average Bonchev–Trinajstić information content (AvgIpc) is 3.07. The summed E-state index contributed by atoms with van der Waals surface area (Å²) in [6.45, 7) is 4.30. The van der Waals surface area contributed by atoms with Crippen LogP contribution in [0.5, 0.6) is 5.75 Å². The van der Waals surface area contributed by atoms with E-state index in [0.29, 0.717) is 23.5 Å². The average molecular weight is 436 g/mol. The minimum absolute atomic E-state index is 0.335. The molecule has 5 rings (SSSR count). The molecule has 0 fully saturated rings. The summed E-state index contributed by atoms with van der Waals surface area (Å²) >= 11 is 0. The highest BCUT2D eigenvalue weighted by Crippen LogP contribution is 2.50. The standard InChI is InChI=1S/C29H25NO3/c1-3-25(21-11-5-4-6-12-21)29(32)26-17-16-23(33-2)18-27(26)30(28(29)31)19-22-14-9-13-20-10-7-8-15-24(20)22/h3-18,25,32H,1,19H2,2H3/t25-,29-/m1/s1. The molecule has 0 aliphatic carbocycles. The van der Waals surface area contributed by atoms with Crippen molar-refractivity contribution in [2.45, 2.75) is 18.1 Å². The maximum Gasteiger partial charge on any atom is 0.264 e. The lowest BCUT2D eigenvalue weighted by molar-refractivity contribution is -0.137. The number of amides is 1. The summed E-state index contributed by atoms with van der Waals surface area (Å²) in [6.07, 6.45) is 1.66. The smallest absolute Gasteiger partial charge is 0.264 e. The first kappa shape index (κ1) is 21.0. The van der Waals surface area contributed by atoms with Crippen molar-refractivity contribution < 1.29 is 14.6 Å². The van der Waals surface area contributed by atoms with Crippen molar-refractivity contribution in [2.75, 3.05) is 12.0 Å². The van der Waals surface area contributed by atoms with Crippen LogP contribution < -0.4 is 9.64 Å². The number of fused-ring (bicyclic) bond motifs is 2. The zero-order chi connectivity index (χ0) is 23.0. The lowest BCUT2D eigenvalue weighted by atomic mass is 9.78. The first-order valence-electron chi connectivity index (χ1n) is 10.9. The number of hydrogen-bond donors (Lipinski definition) is 1. The van der Waals surface area contributed by atoms with Crippen LogP contribution in [0.25, 0.3) is 10.8 Å². The Kier molecular flexibility index (Phi) is 5.23. The van der Waals surface area contributed by atoms with Crippen molar-refractivity contribution in [3.05, 3.63) is 120 Å². The third-order valence-corrected chi connectivity index (χ3v) is 6.53. The molecule has 1 N–H and O–H groups in total. The molecule has 4 aromatic rings. The van der Waals surface area contributed by atoms with Crippen molar-refractivity contribution in [3.63, 3.8) is 0 Å². The zero-order valence-electron chi connectivity index (χ0n) is 18.4. The normalized spacial score (nSPS) is 18.2. The van der Waals surface area contributed by atoms with Gasteiger partial charge in [0, 0.05) is 17.5 Å². The van der Waals surface area contributed by atoms with Crippen molar-refractivity contribution in [3.8, 4) is 5.75 Å².